The van der Waals surface area contributed by atoms with Gasteiger partial charge in [-0.25, -0.2) is 14.1 Å². The fraction of sp³-hybridized carbons (Fsp3) is 0.205. The molecule has 0 aliphatic carbocycles. The van der Waals surface area contributed by atoms with Gasteiger partial charge in [-0.1, -0.05) is 72.8 Å². The van der Waals surface area contributed by atoms with E-state index in [1.54, 1.807) is 24.3 Å². The van der Waals surface area contributed by atoms with Gasteiger partial charge in [-0.05, 0) is 112 Å². The maximum absolute atomic E-state index is 14.4. The molecule has 0 spiro atoms. The first-order valence-corrected chi connectivity index (χ1v) is 18.9. The number of urea groups is 1. The van der Waals surface area contributed by atoms with Crippen molar-refractivity contribution in [2.45, 2.75) is 38.2 Å². The van der Waals surface area contributed by atoms with Crippen LogP contribution in [0.5, 0.6) is 11.5 Å². The molecule has 5 aromatic rings. The molecule has 1 N–H and O–H groups in total. The molecule has 4 amide bonds. The third-order valence-electron chi connectivity index (χ3n) is 10.3. The van der Waals surface area contributed by atoms with E-state index >= 15 is 0 Å². The number of amides is 4. The van der Waals surface area contributed by atoms with Crippen LogP contribution in [0.2, 0.25) is 0 Å². The van der Waals surface area contributed by atoms with Gasteiger partial charge in [0.15, 0.2) is 11.5 Å². The molecule has 10 heteroatoms. The number of ether oxygens (including phenoxy) is 2. The first kappa shape index (κ1) is 35.3. The van der Waals surface area contributed by atoms with Crippen molar-refractivity contribution in [2.75, 3.05) is 29.5 Å². The summed E-state index contributed by atoms with van der Waals surface area (Å²) >= 11 is 3.57. The van der Waals surface area contributed by atoms with Gasteiger partial charge in [0.1, 0.15) is 18.0 Å². The van der Waals surface area contributed by atoms with E-state index in [1.807, 2.05) is 55.5 Å². The molecular weight excluding hydrogens is 749 g/mol. The molecule has 272 valence electrons. The lowest BCUT2D eigenvalue weighted by molar-refractivity contribution is -0.122. The molecule has 1 fully saturated rings. The van der Waals surface area contributed by atoms with Crippen LogP contribution in [0.4, 0.5) is 20.6 Å². The molecule has 0 unspecified atom stereocenters. The Bertz CT molecular complexity index is 2210. The van der Waals surface area contributed by atoms with E-state index in [0.717, 1.165) is 53.2 Å². The number of nitrogens with one attached hydrogen (secondary N) is 1. The van der Waals surface area contributed by atoms with Crippen molar-refractivity contribution >= 4 is 51.2 Å². The topological polar surface area (TPSA) is 88.2 Å². The third-order valence-corrected chi connectivity index (χ3v) is 10.9. The molecule has 8 rings (SSSR count). The van der Waals surface area contributed by atoms with Gasteiger partial charge in [0.2, 0.25) is 0 Å². The maximum atomic E-state index is 14.4. The van der Waals surface area contributed by atoms with Gasteiger partial charge in [0.25, 0.3) is 11.8 Å². The van der Waals surface area contributed by atoms with E-state index < -0.39 is 17.8 Å². The smallest absolute Gasteiger partial charge is 0.335 e. The van der Waals surface area contributed by atoms with Crippen molar-refractivity contribution in [3.63, 3.8) is 0 Å². The van der Waals surface area contributed by atoms with Crippen molar-refractivity contribution in [1.82, 2.24) is 5.32 Å². The number of benzene rings is 5. The maximum Gasteiger partial charge on any atom is 0.335 e. The molecule has 1 saturated heterocycles. The minimum atomic E-state index is -0.800. The Hall–Kier alpha value is -5.74. The number of imide groups is 2. The number of rotatable bonds is 9. The zero-order valence-electron chi connectivity index (χ0n) is 29.6. The molecular formula is C44H37BrFN3O5. The lowest BCUT2D eigenvalue weighted by Crippen LogP contribution is -2.54. The molecule has 0 bridgehead atoms. The van der Waals surface area contributed by atoms with E-state index in [2.05, 4.69) is 50.4 Å². The van der Waals surface area contributed by atoms with Crippen molar-refractivity contribution in [3.05, 3.63) is 158 Å². The summed E-state index contributed by atoms with van der Waals surface area (Å²) in [5, 5.41) is 2.42. The van der Waals surface area contributed by atoms with E-state index in [-0.39, 0.29) is 29.8 Å². The second-order valence-corrected chi connectivity index (χ2v) is 14.5. The molecule has 54 heavy (non-hydrogen) atoms. The summed E-state index contributed by atoms with van der Waals surface area (Å²) in [5.74, 6) is -0.937. The molecule has 5 aromatic carbocycles. The van der Waals surface area contributed by atoms with Crippen molar-refractivity contribution in [1.29, 1.82) is 0 Å². The van der Waals surface area contributed by atoms with Crippen LogP contribution in [-0.2, 0) is 16.2 Å². The van der Waals surface area contributed by atoms with Crippen molar-refractivity contribution < 1.29 is 28.2 Å². The average Bonchev–Trinajstić information content (AvgIpc) is 3.18. The van der Waals surface area contributed by atoms with Crippen LogP contribution in [0, 0.1) is 5.82 Å². The minimum Gasteiger partial charge on any atom is -0.490 e. The number of hydrogen-bond acceptors (Lipinski definition) is 6. The fourth-order valence-corrected chi connectivity index (χ4v) is 8.41. The Morgan fingerprint density at radius 1 is 0.815 bits per heavy atom. The zero-order valence-corrected chi connectivity index (χ0v) is 31.1. The molecule has 3 aliphatic rings. The molecule has 0 saturated carbocycles. The van der Waals surface area contributed by atoms with Gasteiger partial charge in [0, 0.05) is 30.6 Å². The van der Waals surface area contributed by atoms with Gasteiger partial charge in [-0.3, -0.25) is 14.9 Å². The van der Waals surface area contributed by atoms with Gasteiger partial charge >= 0.3 is 6.03 Å². The minimum absolute atomic E-state index is 0.0587. The Kier molecular flexibility index (Phi) is 9.77. The molecule has 8 nitrogen and oxygen atoms in total. The summed E-state index contributed by atoms with van der Waals surface area (Å²) in [4.78, 5) is 45.0. The quantitative estimate of drug-likeness (QED) is 0.119. The van der Waals surface area contributed by atoms with Crippen LogP contribution in [0.1, 0.15) is 65.0 Å². The first-order chi connectivity index (χ1) is 26.3. The summed E-state index contributed by atoms with van der Waals surface area (Å²) < 4.78 is 25.9. The summed E-state index contributed by atoms with van der Waals surface area (Å²) in [7, 11) is 0. The van der Waals surface area contributed by atoms with Crippen LogP contribution >= 0.6 is 15.9 Å². The molecule has 3 aliphatic heterocycles. The van der Waals surface area contributed by atoms with Gasteiger partial charge in [-0.15, -0.1) is 0 Å². The summed E-state index contributed by atoms with van der Waals surface area (Å²) in [5.41, 5.74) is 7.08. The fourth-order valence-electron chi connectivity index (χ4n) is 7.84. The third kappa shape index (κ3) is 6.78. The number of carbonyl (C=O) groups is 3. The van der Waals surface area contributed by atoms with Crippen LogP contribution < -0.4 is 24.6 Å². The Labute approximate surface area is 321 Å². The Balaban J connectivity index is 1.19. The second-order valence-electron chi connectivity index (χ2n) is 13.6. The van der Waals surface area contributed by atoms with E-state index in [0.29, 0.717) is 33.8 Å². The largest absolute Gasteiger partial charge is 0.490 e. The van der Waals surface area contributed by atoms with E-state index in [9.17, 15) is 18.8 Å². The second kappa shape index (κ2) is 14.9. The highest BCUT2D eigenvalue weighted by molar-refractivity contribution is 9.10. The van der Waals surface area contributed by atoms with Gasteiger partial charge in [-0.2, -0.15) is 0 Å². The number of hydrogen-bond donors (Lipinski definition) is 1. The van der Waals surface area contributed by atoms with Gasteiger partial charge in [0.05, 0.1) is 16.8 Å². The lowest BCUT2D eigenvalue weighted by atomic mass is 9.76. The highest BCUT2D eigenvalue weighted by Crippen LogP contribution is 2.50. The van der Waals surface area contributed by atoms with E-state index in [4.69, 9.17) is 9.47 Å². The number of nitrogens with zero attached hydrogens (tertiary/aromatic N) is 2. The number of anilines is 2. The van der Waals surface area contributed by atoms with Crippen LogP contribution in [0.15, 0.2) is 119 Å². The molecule has 0 radical (unpaired) electrons. The zero-order chi connectivity index (χ0) is 37.3. The predicted octanol–water partition coefficient (Wildman–Crippen LogP) is 9.11. The standard InChI is InChI=1S/C44H37BrFN3O5/c1-2-53-39-23-28(22-38(45)41(39)54-26-27-13-15-31(46)16-14-27)21-37-42(50)47-44(52)49(43(37)51)32-24-35-33(29-9-5-3-6-10-29)17-19-48-20-18-34(36(25-32)40(35)48)30-11-7-4-8-12-30/h3-16,21-25,33-34H,2,17-20,26H2,1H3,(H,47,50,52)/b37-21+/t33-,34-/m0/s1. The van der Waals surface area contributed by atoms with Crippen molar-refractivity contribution in [3.8, 4) is 11.5 Å². The number of halogens is 2. The lowest BCUT2D eigenvalue weighted by Gasteiger charge is -2.44. The normalized spacial score (nSPS) is 18.7. The highest BCUT2D eigenvalue weighted by atomic mass is 79.9. The first-order valence-electron chi connectivity index (χ1n) is 18.1. The summed E-state index contributed by atoms with van der Waals surface area (Å²) in [6.07, 6.45) is 3.23. The Morgan fingerprint density at radius 2 is 1.43 bits per heavy atom. The summed E-state index contributed by atoms with van der Waals surface area (Å²) in [6.45, 7) is 4.13. The monoisotopic (exact) mass is 785 g/mol. The molecule has 0 aromatic heterocycles. The molecule has 3 heterocycles. The predicted molar refractivity (Wildman–Crippen MR) is 210 cm³/mol. The van der Waals surface area contributed by atoms with E-state index in [1.165, 1.54) is 29.3 Å². The summed E-state index contributed by atoms with van der Waals surface area (Å²) in [6, 6.07) is 33.2. The van der Waals surface area contributed by atoms with Gasteiger partial charge < -0.3 is 14.4 Å². The number of barbiturate groups is 1. The van der Waals surface area contributed by atoms with Crippen LogP contribution in [0.3, 0.4) is 0 Å². The SMILES string of the molecule is CCOc1cc(/C=C2\C(=O)NC(=O)N(c3cc4c5c(c3)[C@H](c3ccccc3)CCN5CC[C@H]4c3ccccc3)C2=O)cc(Br)c1OCc1ccc(F)cc1. The highest BCUT2D eigenvalue weighted by Gasteiger charge is 2.40. The van der Waals surface area contributed by atoms with Crippen LogP contribution in [-0.4, -0.2) is 37.5 Å². The van der Waals surface area contributed by atoms with Crippen LogP contribution in [0.25, 0.3) is 6.08 Å². The molecule has 2 atom stereocenters. The Morgan fingerprint density at radius 3 is 2.02 bits per heavy atom. The van der Waals surface area contributed by atoms with Crippen molar-refractivity contribution in [2.24, 2.45) is 0 Å². The number of carbonyl (C=O) groups excluding carboxylic acids is 3. The average molecular weight is 787 g/mol.